The lowest BCUT2D eigenvalue weighted by Crippen LogP contribution is -2.30. The molecule has 0 saturated carbocycles. The number of phenolic OH excluding ortho intramolecular Hbond substituents is 1. The second-order valence-electron chi connectivity index (χ2n) is 9.81. The summed E-state index contributed by atoms with van der Waals surface area (Å²) in [5, 5.41) is 11.4. The van der Waals surface area contributed by atoms with Crippen molar-refractivity contribution in [2.75, 3.05) is 11.9 Å². The van der Waals surface area contributed by atoms with E-state index in [2.05, 4.69) is 41.5 Å². The van der Waals surface area contributed by atoms with E-state index < -0.39 is 0 Å². The highest BCUT2D eigenvalue weighted by atomic mass is 32.1. The summed E-state index contributed by atoms with van der Waals surface area (Å²) >= 11 is 5.56. The molecular weight excluding hydrogens is 392 g/mol. The minimum Gasteiger partial charge on any atom is -0.507 e. The zero-order valence-corrected chi connectivity index (χ0v) is 19.6. The highest BCUT2D eigenvalue weighted by molar-refractivity contribution is 7.80. The Balaban J connectivity index is 2.14. The molecule has 1 N–H and O–H groups in total. The van der Waals surface area contributed by atoms with Gasteiger partial charge < -0.3 is 10.0 Å². The minimum absolute atomic E-state index is 0.156. The topological polar surface area (TPSA) is 43.8 Å². The van der Waals surface area contributed by atoms with Crippen LogP contribution >= 0.6 is 12.2 Å². The van der Waals surface area contributed by atoms with Gasteiger partial charge in [-0.2, -0.15) is 0 Å². The molecular formula is C25H30N2O2S. The Morgan fingerprint density at radius 2 is 1.43 bits per heavy atom. The van der Waals surface area contributed by atoms with Crippen LogP contribution < -0.4 is 4.90 Å². The molecule has 1 saturated heterocycles. The Morgan fingerprint density at radius 1 is 0.933 bits per heavy atom. The summed E-state index contributed by atoms with van der Waals surface area (Å²) in [5.41, 5.74) is 3.37. The lowest BCUT2D eigenvalue weighted by molar-refractivity contribution is -0.114. The van der Waals surface area contributed by atoms with Gasteiger partial charge in [-0.3, -0.25) is 9.69 Å². The Hall–Kier alpha value is -2.66. The molecule has 2 aromatic carbocycles. The molecule has 0 unspecified atom stereocenters. The third-order valence-corrected chi connectivity index (χ3v) is 5.78. The number of nitrogens with zero attached hydrogens (tertiary/aromatic N) is 2. The van der Waals surface area contributed by atoms with Crippen LogP contribution in [0.4, 0.5) is 5.69 Å². The lowest BCUT2D eigenvalue weighted by Gasteiger charge is -2.28. The predicted octanol–water partition coefficient (Wildman–Crippen LogP) is 5.59. The van der Waals surface area contributed by atoms with E-state index in [1.54, 1.807) is 9.80 Å². The molecule has 0 atom stereocenters. The van der Waals surface area contributed by atoms with Crippen molar-refractivity contribution in [1.29, 1.82) is 0 Å². The zero-order valence-electron chi connectivity index (χ0n) is 18.8. The van der Waals surface area contributed by atoms with Gasteiger partial charge in [-0.1, -0.05) is 59.7 Å². The van der Waals surface area contributed by atoms with E-state index in [-0.39, 0.29) is 16.7 Å². The Bertz CT molecular complexity index is 992. The summed E-state index contributed by atoms with van der Waals surface area (Å²) in [6.45, 7) is 12.4. The average Bonchev–Trinajstić information content (AvgIpc) is 2.85. The predicted molar refractivity (Wildman–Crippen MR) is 128 cm³/mol. The number of anilines is 1. The van der Waals surface area contributed by atoms with E-state index in [0.717, 1.165) is 22.4 Å². The number of benzene rings is 2. The molecule has 1 amide bonds. The van der Waals surface area contributed by atoms with Crippen molar-refractivity contribution in [2.24, 2.45) is 0 Å². The van der Waals surface area contributed by atoms with Crippen LogP contribution in [0.5, 0.6) is 5.75 Å². The van der Waals surface area contributed by atoms with Gasteiger partial charge in [0.15, 0.2) is 5.11 Å². The Labute approximate surface area is 184 Å². The number of carbonyl (C=O) groups excluding carboxylic acids is 1. The van der Waals surface area contributed by atoms with Crippen molar-refractivity contribution in [1.82, 2.24) is 4.90 Å². The maximum atomic E-state index is 13.2. The fourth-order valence-corrected chi connectivity index (χ4v) is 3.89. The molecule has 1 aliphatic rings. The normalized spacial score (nSPS) is 16.7. The number of para-hydroxylation sites is 1. The van der Waals surface area contributed by atoms with Gasteiger partial charge in [0, 0.05) is 18.2 Å². The van der Waals surface area contributed by atoms with Crippen LogP contribution in [0.15, 0.2) is 48.2 Å². The largest absolute Gasteiger partial charge is 0.507 e. The second-order valence-corrected chi connectivity index (χ2v) is 10.2. The van der Waals surface area contributed by atoms with Crippen LogP contribution in [0.25, 0.3) is 6.08 Å². The quantitative estimate of drug-likeness (QED) is 0.506. The molecule has 4 nitrogen and oxygen atoms in total. The maximum absolute atomic E-state index is 13.2. The molecule has 0 bridgehead atoms. The third kappa shape index (κ3) is 3.99. The van der Waals surface area contributed by atoms with Crippen molar-refractivity contribution in [3.63, 3.8) is 0 Å². The number of amides is 1. The first-order chi connectivity index (χ1) is 13.8. The third-order valence-electron chi connectivity index (χ3n) is 5.33. The Kier molecular flexibility index (Phi) is 5.54. The fraction of sp³-hybridized carbons (Fsp3) is 0.360. The van der Waals surface area contributed by atoms with Gasteiger partial charge in [0.1, 0.15) is 11.4 Å². The molecule has 1 fully saturated rings. The van der Waals surface area contributed by atoms with Crippen LogP contribution in [-0.2, 0) is 15.6 Å². The number of hydrogen-bond donors (Lipinski definition) is 1. The van der Waals surface area contributed by atoms with E-state index in [1.165, 1.54) is 0 Å². The molecule has 158 valence electrons. The standard InChI is InChI=1S/C25H30N2O2S/c1-24(2,3)18-13-16(14-19(21(18)28)25(4,5)6)15-20-22(29)27(23(30)26(20)7)17-11-9-8-10-12-17/h8-15,28H,1-7H3/b20-15-. The number of likely N-dealkylation sites (N-methyl/N-ethyl adjacent to an activating group) is 1. The Morgan fingerprint density at radius 3 is 1.90 bits per heavy atom. The summed E-state index contributed by atoms with van der Waals surface area (Å²) in [6, 6.07) is 13.4. The van der Waals surface area contributed by atoms with E-state index in [9.17, 15) is 9.90 Å². The van der Waals surface area contributed by atoms with Gasteiger partial charge in [-0.25, -0.2) is 0 Å². The number of aromatic hydroxyl groups is 1. The van der Waals surface area contributed by atoms with Gasteiger partial charge in [0.05, 0.1) is 5.69 Å². The van der Waals surface area contributed by atoms with Gasteiger partial charge in [0.25, 0.3) is 5.91 Å². The first-order valence-electron chi connectivity index (χ1n) is 10.1. The van der Waals surface area contributed by atoms with E-state index in [1.807, 2.05) is 55.6 Å². The van der Waals surface area contributed by atoms with Crippen LogP contribution in [0.2, 0.25) is 0 Å². The highest BCUT2D eigenvalue weighted by Gasteiger charge is 2.37. The smallest absolute Gasteiger partial charge is 0.281 e. The van der Waals surface area contributed by atoms with Crippen LogP contribution in [0.3, 0.4) is 0 Å². The van der Waals surface area contributed by atoms with Gasteiger partial charge in [0.2, 0.25) is 0 Å². The molecule has 1 heterocycles. The van der Waals surface area contributed by atoms with Crippen LogP contribution in [0.1, 0.15) is 58.2 Å². The summed E-state index contributed by atoms with van der Waals surface area (Å²) in [6.07, 6.45) is 1.86. The monoisotopic (exact) mass is 422 g/mol. The van der Waals surface area contributed by atoms with Crippen molar-refractivity contribution >= 4 is 35.0 Å². The average molecular weight is 423 g/mol. The molecule has 0 radical (unpaired) electrons. The van der Waals surface area contributed by atoms with Gasteiger partial charge >= 0.3 is 0 Å². The number of carbonyl (C=O) groups is 1. The van der Waals surface area contributed by atoms with Crippen molar-refractivity contribution in [3.05, 3.63) is 64.9 Å². The number of rotatable bonds is 2. The number of phenols is 1. The van der Waals surface area contributed by atoms with Crippen LogP contribution in [-0.4, -0.2) is 28.1 Å². The SMILES string of the molecule is CN1C(=S)N(c2ccccc2)C(=O)/C1=C/c1cc(C(C)(C)C)c(O)c(C(C)(C)C)c1. The van der Waals surface area contributed by atoms with E-state index in [0.29, 0.717) is 16.6 Å². The first kappa shape index (κ1) is 22.0. The molecule has 0 spiro atoms. The van der Waals surface area contributed by atoms with E-state index >= 15 is 0 Å². The number of hydrogen-bond acceptors (Lipinski definition) is 3. The second kappa shape index (κ2) is 7.55. The van der Waals surface area contributed by atoms with E-state index in [4.69, 9.17) is 12.2 Å². The van der Waals surface area contributed by atoms with Gasteiger partial charge in [-0.15, -0.1) is 0 Å². The van der Waals surface area contributed by atoms with Crippen molar-refractivity contribution in [2.45, 2.75) is 52.4 Å². The molecule has 2 aromatic rings. The van der Waals surface area contributed by atoms with Gasteiger partial charge in [-0.05, 0) is 59.0 Å². The summed E-state index contributed by atoms with van der Waals surface area (Å²) in [7, 11) is 1.81. The molecule has 3 rings (SSSR count). The fourth-order valence-electron chi connectivity index (χ4n) is 3.60. The van der Waals surface area contributed by atoms with Crippen LogP contribution in [0, 0.1) is 0 Å². The highest BCUT2D eigenvalue weighted by Crippen LogP contribution is 2.40. The van der Waals surface area contributed by atoms with Crippen molar-refractivity contribution < 1.29 is 9.90 Å². The molecule has 5 heteroatoms. The molecule has 0 aliphatic carbocycles. The summed E-state index contributed by atoms with van der Waals surface area (Å²) < 4.78 is 0. The minimum atomic E-state index is -0.241. The lowest BCUT2D eigenvalue weighted by atomic mass is 9.78. The molecule has 30 heavy (non-hydrogen) atoms. The first-order valence-corrected chi connectivity index (χ1v) is 10.5. The molecule has 1 aliphatic heterocycles. The zero-order chi connectivity index (χ0) is 22.4. The molecule has 0 aromatic heterocycles. The van der Waals surface area contributed by atoms with Crippen molar-refractivity contribution in [3.8, 4) is 5.75 Å². The summed E-state index contributed by atoms with van der Waals surface area (Å²) in [4.78, 5) is 16.5. The number of thiocarbonyl (C=S) groups is 1. The summed E-state index contributed by atoms with van der Waals surface area (Å²) in [5.74, 6) is 0.168. The maximum Gasteiger partial charge on any atom is 0.281 e.